The van der Waals surface area contributed by atoms with Crippen LogP contribution in [0.15, 0.2) is 53.6 Å². The lowest BCUT2D eigenvalue weighted by atomic mass is 9.98. The van der Waals surface area contributed by atoms with Crippen molar-refractivity contribution >= 4 is 51.2 Å². The molecular weight excluding hydrogens is 376 g/mol. The molecule has 0 radical (unpaired) electrons. The summed E-state index contributed by atoms with van der Waals surface area (Å²) in [5.74, 6) is 0.617. The van der Waals surface area contributed by atoms with Crippen LogP contribution in [0, 0.1) is 6.92 Å². The summed E-state index contributed by atoms with van der Waals surface area (Å²) in [5.41, 5.74) is 5.05. The average Bonchev–Trinajstić information content (AvgIpc) is 2.98. The second-order valence-electron chi connectivity index (χ2n) is 6.17. The Kier molecular flexibility index (Phi) is 4.68. The largest absolute Gasteiger partial charge is 0.496 e. The van der Waals surface area contributed by atoms with E-state index in [9.17, 15) is 4.79 Å². The van der Waals surface area contributed by atoms with Crippen molar-refractivity contribution in [2.24, 2.45) is 0 Å². The van der Waals surface area contributed by atoms with Crippen molar-refractivity contribution in [3.05, 3.63) is 64.7 Å². The number of methoxy groups -OCH3 is 1. The number of carbonyl (C=O) groups is 1. The highest BCUT2D eigenvalue weighted by Gasteiger charge is 2.22. The lowest BCUT2D eigenvalue weighted by molar-refractivity contribution is -0.115. The highest BCUT2D eigenvalue weighted by molar-refractivity contribution is 8.26. The van der Waals surface area contributed by atoms with Crippen molar-refractivity contribution in [1.29, 1.82) is 0 Å². The van der Waals surface area contributed by atoms with Gasteiger partial charge < -0.3 is 10.1 Å². The number of ether oxygens (including phenoxy) is 1. The van der Waals surface area contributed by atoms with Crippen LogP contribution in [0.25, 0.3) is 28.1 Å². The summed E-state index contributed by atoms with van der Waals surface area (Å²) in [6.45, 7) is 2.07. The van der Waals surface area contributed by atoms with Crippen molar-refractivity contribution in [1.82, 2.24) is 10.3 Å². The van der Waals surface area contributed by atoms with Crippen molar-refractivity contribution in [3.8, 4) is 16.9 Å². The predicted molar refractivity (Wildman–Crippen MR) is 115 cm³/mol. The Morgan fingerprint density at radius 1 is 1.19 bits per heavy atom. The molecule has 1 amide bonds. The van der Waals surface area contributed by atoms with Gasteiger partial charge >= 0.3 is 0 Å². The number of thioether (sulfide) groups is 1. The van der Waals surface area contributed by atoms with Gasteiger partial charge in [0.25, 0.3) is 5.91 Å². The summed E-state index contributed by atoms with van der Waals surface area (Å²) in [4.78, 5) is 16.9. The van der Waals surface area contributed by atoms with E-state index in [-0.39, 0.29) is 5.91 Å². The molecule has 0 aliphatic carbocycles. The minimum Gasteiger partial charge on any atom is -0.496 e. The minimum absolute atomic E-state index is 0.158. The molecule has 2 heterocycles. The average molecular weight is 393 g/mol. The highest BCUT2D eigenvalue weighted by Crippen LogP contribution is 2.34. The third kappa shape index (κ3) is 3.46. The Hall–Kier alpha value is -2.70. The van der Waals surface area contributed by atoms with Crippen molar-refractivity contribution in [2.75, 3.05) is 7.11 Å². The SMILES string of the molecule is COc1ccc(/C=C2\SC(=S)NC2=O)cc1-c1ccc2nccc(C)c2c1. The topological polar surface area (TPSA) is 51.2 Å². The van der Waals surface area contributed by atoms with Gasteiger partial charge in [0.05, 0.1) is 17.5 Å². The molecule has 3 aromatic rings. The molecule has 0 spiro atoms. The fraction of sp³-hybridized carbons (Fsp3) is 0.0952. The summed E-state index contributed by atoms with van der Waals surface area (Å²) in [7, 11) is 1.66. The summed E-state index contributed by atoms with van der Waals surface area (Å²) >= 11 is 6.33. The Balaban J connectivity index is 1.82. The fourth-order valence-electron chi connectivity index (χ4n) is 3.06. The Bertz CT molecular complexity index is 1120. The van der Waals surface area contributed by atoms with Crippen molar-refractivity contribution in [2.45, 2.75) is 6.92 Å². The molecule has 1 fully saturated rings. The van der Waals surface area contributed by atoms with Crippen molar-refractivity contribution < 1.29 is 9.53 Å². The molecule has 1 saturated heterocycles. The van der Waals surface area contributed by atoms with Gasteiger partial charge in [0.1, 0.15) is 10.1 Å². The van der Waals surface area contributed by atoms with E-state index in [1.54, 1.807) is 7.11 Å². The maximum Gasteiger partial charge on any atom is 0.263 e. The third-order valence-corrected chi connectivity index (χ3v) is 5.60. The van der Waals surface area contributed by atoms with Crippen LogP contribution in [-0.4, -0.2) is 22.3 Å². The van der Waals surface area contributed by atoms with Gasteiger partial charge in [-0.2, -0.15) is 0 Å². The highest BCUT2D eigenvalue weighted by atomic mass is 32.2. The van der Waals surface area contributed by atoms with Crippen LogP contribution in [0.4, 0.5) is 0 Å². The summed E-state index contributed by atoms with van der Waals surface area (Å²) in [6.07, 6.45) is 3.66. The first-order valence-electron chi connectivity index (χ1n) is 8.34. The standard InChI is InChI=1S/C21H16N2O2S2/c1-12-7-8-22-17-5-4-14(11-15(12)17)16-9-13(3-6-18(16)25-2)10-19-20(24)23-21(26)27-19/h3-11H,1-2H3,(H,23,24,26)/b19-10-. The number of benzene rings is 2. The van der Waals surface area contributed by atoms with Crippen LogP contribution in [-0.2, 0) is 4.79 Å². The Labute approximate surface area is 166 Å². The smallest absolute Gasteiger partial charge is 0.263 e. The van der Waals surface area contributed by atoms with Crippen LogP contribution < -0.4 is 10.1 Å². The number of amides is 1. The van der Waals surface area contributed by atoms with Gasteiger partial charge in [0, 0.05) is 17.1 Å². The monoisotopic (exact) mass is 392 g/mol. The molecule has 134 valence electrons. The van der Waals surface area contributed by atoms with Gasteiger partial charge in [0.15, 0.2) is 0 Å². The van der Waals surface area contributed by atoms with Gasteiger partial charge in [-0.25, -0.2) is 0 Å². The number of nitrogens with zero attached hydrogens (tertiary/aromatic N) is 1. The molecule has 0 atom stereocenters. The minimum atomic E-state index is -0.158. The van der Waals surface area contributed by atoms with E-state index in [0.717, 1.165) is 33.3 Å². The van der Waals surface area contributed by atoms with E-state index in [1.165, 1.54) is 17.3 Å². The van der Waals surface area contributed by atoms with Crippen LogP contribution in [0.2, 0.25) is 0 Å². The zero-order valence-corrected chi connectivity index (χ0v) is 16.4. The Morgan fingerprint density at radius 2 is 2.04 bits per heavy atom. The maximum absolute atomic E-state index is 11.9. The number of aryl methyl sites for hydroxylation is 1. The first-order chi connectivity index (χ1) is 13.0. The second-order valence-corrected chi connectivity index (χ2v) is 7.89. The second kappa shape index (κ2) is 7.13. The van der Waals surface area contributed by atoms with E-state index < -0.39 is 0 Å². The van der Waals surface area contributed by atoms with Crippen LogP contribution in [0.3, 0.4) is 0 Å². The third-order valence-electron chi connectivity index (χ3n) is 4.43. The number of rotatable bonds is 3. The molecule has 4 nitrogen and oxygen atoms in total. The Morgan fingerprint density at radius 3 is 2.78 bits per heavy atom. The number of aromatic nitrogens is 1. The number of nitrogens with one attached hydrogen (secondary N) is 1. The predicted octanol–water partition coefficient (Wildman–Crippen LogP) is 4.71. The van der Waals surface area contributed by atoms with Gasteiger partial charge in [-0.1, -0.05) is 36.1 Å². The normalized spacial score (nSPS) is 15.4. The molecule has 4 rings (SSSR count). The molecule has 27 heavy (non-hydrogen) atoms. The van der Waals surface area contributed by atoms with E-state index in [1.807, 2.05) is 48.7 Å². The molecule has 1 aliphatic heterocycles. The molecule has 1 aliphatic rings. The first-order valence-corrected chi connectivity index (χ1v) is 9.56. The van der Waals surface area contributed by atoms with Gasteiger partial charge in [-0.15, -0.1) is 0 Å². The van der Waals surface area contributed by atoms with Crippen LogP contribution in [0.5, 0.6) is 5.75 Å². The molecule has 6 heteroatoms. The van der Waals surface area contributed by atoms with E-state index >= 15 is 0 Å². The molecule has 1 N–H and O–H groups in total. The summed E-state index contributed by atoms with van der Waals surface area (Å²) in [6, 6.07) is 14.0. The summed E-state index contributed by atoms with van der Waals surface area (Å²) < 4.78 is 6.05. The lowest BCUT2D eigenvalue weighted by Crippen LogP contribution is -2.17. The van der Waals surface area contributed by atoms with E-state index in [0.29, 0.717) is 9.23 Å². The van der Waals surface area contributed by atoms with Gasteiger partial charge in [0.2, 0.25) is 0 Å². The van der Waals surface area contributed by atoms with Gasteiger partial charge in [-0.3, -0.25) is 9.78 Å². The number of hydrogen-bond acceptors (Lipinski definition) is 5. The maximum atomic E-state index is 11.9. The van der Waals surface area contributed by atoms with Gasteiger partial charge in [-0.05, 0) is 60.0 Å². The van der Waals surface area contributed by atoms with Crippen LogP contribution >= 0.6 is 24.0 Å². The molecular formula is C21H16N2O2S2. The number of thiocarbonyl (C=S) groups is 1. The summed E-state index contributed by atoms with van der Waals surface area (Å²) in [5, 5.41) is 3.75. The first kappa shape index (κ1) is 17.7. The fourth-order valence-corrected chi connectivity index (χ4v) is 4.11. The lowest BCUT2D eigenvalue weighted by Gasteiger charge is -2.11. The van der Waals surface area contributed by atoms with Crippen molar-refractivity contribution in [3.63, 3.8) is 0 Å². The van der Waals surface area contributed by atoms with E-state index in [4.69, 9.17) is 17.0 Å². The molecule has 0 bridgehead atoms. The number of hydrogen-bond donors (Lipinski definition) is 1. The zero-order valence-electron chi connectivity index (χ0n) is 14.8. The zero-order chi connectivity index (χ0) is 19.0. The number of carbonyl (C=O) groups excluding carboxylic acids is 1. The molecule has 1 aromatic heterocycles. The molecule has 0 saturated carbocycles. The molecule has 2 aromatic carbocycles. The van der Waals surface area contributed by atoms with E-state index in [2.05, 4.69) is 23.3 Å². The number of pyridine rings is 1. The molecule has 0 unspecified atom stereocenters. The number of fused-ring (bicyclic) bond motifs is 1. The quantitative estimate of drug-likeness (QED) is 0.517. The van der Waals surface area contributed by atoms with Crippen LogP contribution in [0.1, 0.15) is 11.1 Å².